The van der Waals surface area contributed by atoms with Crippen LogP contribution in [0.1, 0.15) is 27.7 Å². The number of halogens is 4. The Morgan fingerprint density at radius 2 is 0.723 bits per heavy atom. The number of nitrogens with one attached hydrogen (secondary N) is 1. The van der Waals surface area contributed by atoms with Crippen molar-refractivity contribution >= 4 is 77.8 Å². The van der Waals surface area contributed by atoms with E-state index in [0.717, 1.165) is 74.7 Å². The van der Waals surface area contributed by atoms with E-state index in [1.165, 1.54) is 18.2 Å². The van der Waals surface area contributed by atoms with Crippen LogP contribution < -0.4 is 33.9 Å². The summed E-state index contributed by atoms with van der Waals surface area (Å²) in [7, 11) is -3.08. The molecule has 12 aromatic rings. The summed E-state index contributed by atoms with van der Waals surface area (Å²) in [5.74, 6) is 2.66. The van der Waals surface area contributed by atoms with Gasteiger partial charge in [-0.25, -0.2) is 28.1 Å². The summed E-state index contributed by atoms with van der Waals surface area (Å²) in [6.07, 6.45) is -4.99. The summed E-state index contributed by atoms with van der Waals surface area (Å²) in [4.78, 5) is 17.1. The second kappa shape index (κ2) is 40.9. The molecular weight excluding hydrogens is 1870 g/mol. The van der Waals surface area contributed by atoms with Crippen molar-refractivity contribution in [1.29, 1.82) is 0 Å². The van der Waals surface area contributed by atoms with Gasteiger partial charge in [0.15, 0.2) is 53.4 Å². The summed E-state index contributed by atoms with van der Waals surface area (Å²) in [6.45, 7) is 28.9. The number of nitrogens with zero attached hydrogens (tertiary/aromatic N) is 5. The lowest BCUT2D eigenvalue weighted by atomic mass is 9.79. The maximum atomic E-state index is 15.7. The first-order valence-electron chi connectivity index (χ1n) is 46.7. The highest BCUT2D eigenvalue weighted by Crippen LogP contribution is 2.42. The zero-order chi connectivity index (χ0) is 95.2. The molecule has 16 heterocycles. The topological polar surface area (TPSA) is 300 Å². The highest BCUT2D eigenvalue weighted by molar-refractivity contribution is 9.10. The van der Waals surface area contributed by atoms with E-state index < -0.39 is 94.6 Å². The first kappa shape index (κ1) is 96.2. The van der Waals surface area contributed by atoms with Gasteiger partial charge in [0.25, 0.3) is 0 Å². The normalized spacial score (nSPS) is 24.3. The van der Waals surface area contributed by atoms with E-state index in [0.29, 0.717) is 114 Å². The number of fused-ring (bicyclic) bond motifs is 6. The van der Waals surface area contributed by atoms with Crippen molar-refractivity contribution in [3.8, 4) is 90.9 Å². The summed E-state index contributed by atoms with van der Waals surface area (Å²) in [5, 5.41) is 30.3. The molecule has 10 fully saturated rings. The van der Waals surface area contributed by atoms with Crippen LogP contribution in [-0.4, -0.2) is 263 Å². The highest BCUT2D eigenvalue weighted by atomic mass is 79.9. The van der Waals surface area contributed by atoms with E-state index in [1.807, 2.05) is 184 Å². The number of benzene rings is 6. The van der Waals surface area contributed by atoms with Gasteiger partial charge >= 0.3 is 7.12 Å². The number of aliphatic hydroxyl groups is 3. The van der Waals surface area contributed by atoms with Crippen molar-refractivity contribution in [2.24, 2.45) is 0 Å². The van der Waals surface area contributed by atoms with Gasteiger partial charge in [-0.05, 0) is 116 Å². The molecule has 10 saturated heterocycles. The summed E-state index contributed by atoms with van der Waals surface area (Å²) < 4.78 is 161. The van der Waals surface area contributed by atoms with Crippen LogP contribution in [0, 0.1) is 17.5 Å². The Morgan fingerprint density at radius 3 is 1.09 bits per heavy atom. The Balaban J connectivity index is 0.000000124. The fraction of sp³-hybridized carbons (Fsp3) is 0.441. The molecule has 0 spiro atoms. The number of rotatable bonds is 28. The van der Waals surface area contributed by atoms with Gasteiger partial charge in [0.05, 0.1) is 124 Å². The fourth-order valence-corrected chi connectivity index (χ4v) is 19.2. The minimum absolute atomic E-state index is 0.122. The molecular formula is C102H115BBrF3N6O22Si2. The molecule has 724 valence electrons. The van der Waals surface area contributed by atoms with Gasteiger partial charge in [-0.15, -0.1) is 0 Å². The Morgan fingerprint density at radius 1 is 0.394 bits per heavy atom. The SMILES string of the molecule is Brc1ccc(OC2COC2)cc1.CC1(C)OB(c2ccc(-c3nc4cc(O[C@@H]5CO[C@H]6[C@@H]5OC[C@H]6O)n(COCC[Si](C)(C)C)c4cc3F)cc2)OC1(C)C.C[Si](C)(C)CCOCn1c(O[C@@H]2CO[C@H]3[C@@H]2OC[C@H]3O)cc2nc(-c3ccc(-c4ccc(OC5COC5)cc4)cc3)c(F)cc21.O[C@@H]1CO[C@H]2[C@@H]1OC[C@H]2Oc1cc2nc(-c3ccc(-c4ccc(OC5COC5)cc4)cc3)c(F)cc2[nH]1. The third-order valence-corrected chi connectivity index (χ3v) is 30.2. The van der Waals surface area contributed by atoms with Crippen LogP contribution in [0.4, 0.5) is 13.2 Å². The van der Waals surface area contributed by atoms with Gasteiger partial charge in [-0.2, -0.15) is 0 Å². The number of aromatic nitrogens is 6. The second-order valence-corrected chi connectivity index (χ2v) is 51.7. The number of aliphatic hydroxyl groups excluding tert-OH is 3. The predicted octanol–water partition coefficient (Wildman–Crippen LogP) is 15.8. The van der Waals surface area contributed by atoms with Crippen LogP contribution in [0.5, 0.6) is 34.9 Å². The van der Waals surface area contributed by atoms with Gasteiger partial charge in [0, 0.05) is 86.9 Å². The van der Waals surface area contributed by atoms with Gasteiger partial charge in [-0.1, -0.05) is 152 Å². The fourth-order valence-electron chi connectivity index (χ4n) is 17.4. The lowest BCUT2D eigenvalue weighted by Crippen LogP contribution is -2.41. The molecule has 0 saturated carbocycles. The van der Waals surface area contributed by atoms with Crippen molar-refractivity contribution in [3.05, 3.63) is 204 Å². The molecule has 28 nitrogen and oxygen atoms in total. The zero-order valence-corrected chi connectivity index (χ0v) is 81.7. The van der Waals surface area contributed by atoms with E-state index in [9.17, 15) is 15.3 Å². The Kier molecular flexibility index (Phi) is 28.7. The maximum Gasteiger partial charge on any atom is 0.494 e. The third kappa shape index (κ3) is 22.1. The van der Waals surface area contributed by atoms with E-state index in [-0.39, 0.29) is 112 Å². The Labute approximate surface area is 803 Å². The van der Waals surface area contributed by atoms with Gasteiger partial charge < -0.3 is 110 Å². The van der Waals surface area contributed by atoms with Crippen LogP contribution in [0.2, 0.25) is 51.4 Å². The van der Waals surface area contributed by atoms with Crippen LogP contribution in [-0.2, 0) is 74.9 Å². The summed E-state index contributed by atoms with van der Waals surface area (Å²) >= 11 is 3.36. The molecule has 10 aliphatic rings. The predicted molar refractivity (Wildman–Crippen MR) is 516 cm³/mol. The van der Waals surface area contributed by atoms with E-state index in [1.54, 1.807) is 16.7 Å². The summed E-state index contributed by atoms with van der Waals surface area (Å²) in [6, 6.07) is 58.2. The number of hydrogen-bond donors (Lipinski definition) is 4. The quantitative estimate of drug-likeness (QED) is 0.0262. The molecule has 0 amide bonds. The average Bonchev–Trinajstić information content (AvgIpc) is 1.61. The maximum absolute atomic E-state index is 15.7. The summed E-state index contributed by atoms with van der Waals surface area (Å²) in [5.41, 5.74) is 10.3. The van der Waals surface area contributed by atoms with Crippen LogP contribution >= 0.6 is 15.9 Å². The molecule has 0 radical (unpaired) electrons. The van der Waals surface area contributed by atoms with Gasteiger partial charge in [0.1, 0.15) is 121 Å². The monoisotopic (exact) mass is 1980 g/mol. The lowest BCUT2D eigenvalue weighted by molar-refractivity contribution is -0.0796. The van der Waals surface area contributed by atoms with Crippen LogP contribution in [0.3, 0.4) is 0 Å². The highest BCUT2D eigenvalue weighted by Gasteiger charge is 2.54. The number of hydrogen-bond acceptors (Lipinski definition) is 25. The molecule has 137 heavy (non-hydrogen) atoms. The van der Waals surface area contributed by atoms with Gasteiger partial charge in [-0.3, -0.25) is 9.13 Å². The number of aromatic amines is 1. The first-order valence-corrected chi connectivity index (χ1v) is 54.9. The van der Waals surface area contributed by atoms with Crippen molar-refractivity contribution in [2.75, 3.05) is 92.5 Å². The molecule has 6 aromatic carbocycles. The second-order valence-electron chi connectivity index (χ2n) is 39.5. The van der Waals surface area contributed by atoms with Crippen molar-refractivity contribution in [1.82, 2.24) is 29.1 Å². The van der Waals surface area contributed by atoms with Gasteiger partial charge in [0.2, 0.25) is 0 Å². The number of H-pyrrole nitrogens is 1. The van der Waals surface area contributed by atoms with E-state index in [4.69, 9.17) is 99.8 Å². The molecule has 12 atom stereocenters. The molecule has 10 aliphatic heterocycles. The third-order valence-electron chi connectivity index (χ3n) is 26.3. The lowest BCUT2D eigenvalue weighted by Gasteiger charge is -2.32. The van der Waals surface area contributed by atoms with Crippen LogP contribution in [0.15, 0.2) is 186 Å². The molecule has 0 aliphatic carbocycles. The molecule has 0 unspecified atom stereocenters. The average molecular weight is 1980 g/mol. The Hall–Kier alpha value is -9.68. The number of pyridine rings is 3. The standard InChI is InChI=1S/C34H39FN2O7Si.C31H42BFN2O7Si.C28H25FN2O6.C9H9BrO2/c1-45(2,3)13-12-39-20-37-28-14-26(35)32(36-27(28)15-31(37)44-30-19-42-33-29(38)18-41-34(30)33)23-6-4-21(5-7-23)22-8-10-24(11-9-22)43-25-16-40-17-25;1-30(2)31(3,4)42-32(41-30)20-10-8-19(9-11-20)27-21(33)14-23-22(34-27)15-26(35(23)18-37-12-13-43(5,6)7)40-25-17-39-28-24(36)16-38-29(25)28;29-20-9-21-22(10-25(30-21)37-24-14-35-27-23(32)13-34-28(24)27)31-26(20)17-3-1-15(2-4-17)16-5-7-18(8-6-16)36-19-11-33-12-19;10-7-1-3-8(4-2-7)12-9-5-11-6-9/h4-11,14-15,25,29-30,33-34,38H,12-13,16-20H2,1-3H3;8-11,14-15,24-25,28-29,36H,12-13,16-18H2,1-7H3;1-10,19,23-24,27-28,30,32H,11-14H2;1-4,9H,5-6H2/t29-,30-,33-,34-;24-,25-,28-,29-;23-,24-,27-,28-;/m111./s1. The first-order chi connectivity index (χ1) is 65.9. The zero-order valence-electron chi connectivity index (χ0n) is 78.1. The Bertz CT molecular complexity index is 6150. The molecule has 4 N–H and O–H groups in total. The molecule has 22 rings (SSSR count). The molecule has 6 aromatic heterocycles. The largest absolute Gasteiger partial charge is 0.494 e. The van der Waals surface area contributed by atoms with E-state index >= 15 is 13.2 Å². The van der Waals surface area contributed by atoms with Crippen molar-refractivity contribution < 1.29 is 118 Å². The minimum Gasteiger partial charge on any atom is -0.486 e. The van der Waals surface area contributed by atoms with E-state index in [2.05, 4.69) is 65.2 Å². The number of ether oxygens (including phenoxy) is 17. The van der Waals surface area contributed by atoms with Crippen molar-refractivity contribution in [3.63, 3.8) is 0 Å². The van der Waals surface area contributed by atoms with Crippen LogP contribution in [0.25, 0.3) is 89.1 Å². The smallest absolute Gasteiger partial charge is 0.486 e. The minimum atomic E-state index is -1.29. The molecule has 35 heteroatoms. The van der Waals surface area contributed by atoms with Crippen molar-refractivity contribution in [2.45, 2.75) is 195 Å². The molecule has 0 bridgehead atoms.